The first-order valence-corrected chi connectivity index (χ1v) is 9.42. The van der Waals surface area contributed by atoms with Crippen LogP contribution in [0.25, 0.3) is 5.69 Å². The molecule has 0 amide bonds. The summed E-state index contributed by atoms with van der Waals surface area (Å²) in [5, 5.41) is 0. The molecule has 0 radical (unpaired) electrons. The van der Waals surface area contributed by atoms with Gasteiger partial charge >= 0.3 is 11.4 Å². The maximum absolute atomic E-state index is 13.3. The van der Waals surface area contributed by atoms with E-state index in [4.69, 9.17) is 0 Å². The smallest absolute Gasteiger partial charge is 0.245 e. The van der Waals surface area contributed by atoms with Gasteiger partial charge in [0.15, 0.2) is 0 Å². The van der Waals surface area contributed by atoms with E-state index in [1.165, 1.54) is 4.57 Å². The Morgan fingerprint density at radius 1 is 0.800 bits per heavy atom. The number of para-hydroxylation sites is 1. The van der Waals surface area contributed by atoms with Gasteiger partial charge in [-0.1, -0.05) is 30.4 Å². The molecule has 4 saturated carbocycles. The summed E-state index contributed by atoms with van der Waals surface area (Å²) in [6, 6.07) is 9.91. The number of hydrogen-bond acceptors (Lipinski definition) is 2. The van der Waals surface area contributed by atoms with Gasteiger partial charge in [-0.05, 0) is 48.6 Å². The molecule has 5 heteroatoms. The summed E-state index contributed by atoms with van der Waals surface area (Å²) in [6.07, 6.45) is 6.88. The van der Waals surface area contributed by atoms with Gasteiger partial charge in [0, 0.05) is 10.8 Å². The average Bonchev–Trinajstić information content (AvgIpc) is 2.86. The van der Waals surface area contributed by atoms with Gasteiger partial charge in [0.2, 0.25) is 0 Å². The first-order chi connectivity index (χ1) is 12.2. The van der Waals surface area contributed by atoms with Crippen LogP contribution >= 0.6 is 0 Å². The molecular formula is C20H17N3O2. The Morgan fingerprint density at radius 2 is 1.32 bits per heavy atom. The molecule has 7 aliphatic rings. The second kappa shape index (κ2) is 3.11. The van der Waals surface area contributed by atoms with Crippen molar-refractivity contribution in [1.82, 2.24) is 13.9 Å². The third kappa shape index (κ3) is 0.783. The summed E-state index contributed by atoms with van der Waals surface area (Å²) in [6.45, 7) is 0. The number of rotatable bonds is 1. The van der Waals surface area contributed by atoms with Gasteiger partial charge in [0.05, 0.1) is 17.8 Å². The van der Waals surface area contributed by atoms with E-state index in [-0.39, 0.29) is 34.3 Å². The zero-order valence-electron chi connectivity index (χ0n) is 13.6. The Balaban J connectivity index is 1.47. The number of allylic oxidation sites excluding steroid dienone is 2. The number of benzene rings is 1. The first-order valence-electron chi connectivity index (χ1n) is 9.42. The van der Waals surface area contributed by atoms with Crippen LogP contribution in [0, 0.1) is 34.5 Å². The lowest BCUT2D eigenvalue weighted by Crippen LogP contribution is -3.00. The Bertz CT molecular complexity index is 1080. The molecule has 9 rings (SSSR count). The second-order valence-electron chi connectivity index (χ2n) is 8.98. The molecule has 2 bridgehead atoms. The molecule has 2 aromatic rings. The molecule has 3 heterocycles. The van der Waals surface area contributed by atoms with Crippen molar-refractivity contribution in [2.24, 2.45) is 34.5 Å². The van der Waals surface area contributed by atoms with Crippen molar-refractivity contribution in [1.29, 1.82) is 0 Å². The van der Waals surface area contributed by atoms with E-state index in [1.807, 2.05) is 39.7 Å². The van der Waals surface area contributed by atoms with Crippen molar-refractivity contribution in [2.45, 2.75) is 24.9 Å². The fraction of sp³-hybridized carbons (Fsp3) is 0.500. The molecule has 2 aliphatic heterocycles. The standard InChI is InChI=1S/C20H17N3O2/c24-17-21(10-6-2-1-3-7-10)18(25)23-16-12-11-13-14(12)20(16)9-5-4-8-19(13,20)15(11)22(17)23/h1-7,11-16H,8-9H2/t11-,12-,13-,14-,15+,16+,19-,20+/m1/s1. The lowest BCUT2D eigenvalue weighted by molar-refractivity contribution is -0.551. The fourth-order valence-corrected chi connectivity index (χ4v) is 8.86. The van der Waals surface area contributed by atoms with Gasteiger partial charge in [-0.3, -0.25) is 0 Å². The molecule has 1 aromatic carbocycles. The van der Waals surface area contributed by atoms with Crippen LogP contribution in [0.15, 0.2) is 52.1 Å². The zero-order valence-corrected chi connectivity index (χ0v) is 13.6. The summed E-state index contributed by atoms with van der Waals surface area (Å²) < 4.78 is 5.16. The van der Waals surface area contributed by atoms with Crippen LogP contribution in [0.1, 0.15) is 24.9 Å². The topological polar surface area (TPSA) is 48.9 Å². The van der Waals surface area contributed by atoms with Crippen LogP contribution in [-0.4, -0.2) is 13.9 Å². The molecule has 0 N–H and O–H groups in total. The van der Waals surface area contributed by atoms with Crippen LogP contribution in [0.3, 0.4) is 0 Å². The van der Waals surface area contributed by atoms with Gasteiger partial charge in [-0.15, -0.1) is 0 Å². The molecule has 2 spiro atoms. The van der Waals surface area contributed by atoms with E-state index in [0.717, 1.165) is 24.7 Å². The van der Waals surface area contributed by atoms with Crippen molar-refractivity contribution >= 4 is 0 Å². The summed E-state index contributed by atoms with van der Waals surface area (Å²) in [5.41, 5.74) is 1.01. The van der Waals surface area contributed by atoms with Crippen molar-refractivity contribution in [2.75, 3.05) is 0 Å². The summed E-state index contributed by atoms with van der Waals surface area (Å²) in [7, 11) is 0. The molecule has 124 valence electrons. The second-order valence-corrected chi connectivity index (χ2v) is 8.98. The van der Waals surface area contributed by atoms with Crippen LogP contribution in [0.5, 0.6) is 0 Å². The van der Waals surface area contributed by atoms with Crippen molar-refractivity contribution in [3.05, 3.63) is 63.5 Å². The normalized spacial score (nSPS) is 50.6. The molecule has 4 fully saturated rings. The maximum atomic E-state index is 13.3. The van der Waals surface area contributed by atoms with Gasteiger partial charge < -0.3 is 0 Å². The fourth-order valence-electron chi connectivity index (χ4n) is 8.86. The molecule has 25 heavy (non-hydrogen) atoms. The lowest BCUT2D eigenvalue weighted by Gasteiger charge is -3.01. The minimum absolute atomic E-state index is 0.129. The van der Waals surface area contributed by atoms with Gasteiger partial charge in [0.25, 0.3) is 0 Å². The third-order valence-electron chi connectivity index (χ3n) is 9.13. The van der Waals surface area contributed by atoms with Crippen molar-refractivity contribution in [3.63, 3.8) is 0 Å². The molecule has 1 aromatic heterocycles. The van der Waals surface area contributed by atoms with Crippen LogP contribution in [0.4, 0.5) is 0 Å². The molecule has 5 nitrogen and oxygen atoms in total. The van der Waals surface area contributed by atoms with Crippen molar-refractivity contribution < 1.29 is 0 Å². The summed E-state index contributed by atoms with van der Waals surface area (Å²) in [5.74, 6) is 2.98. The maximum Gasteiger partial charge on any atom is 0.352 e. The van der Waals surface area contributed by atoms with E-state index in [2.05, 4.69) is 12.2 Å². The monoisotopic (exact) mass is 331 g/mol. The largest absolute Gasteiger partial charge is 0.352 e. The quantitative estimate of drug-likeness (QED) is 0.748. The Morgan fingerprint density at radius 3 is 1.84 bits per heavy atom. The minimum Gasteiger partial charge on any atom is -0.245 e. The molecule has 8 atom stereocenters. The number of hydrogen-bond donors (Lipinski definition) is 0. The highest BCUT2D eigenvalue weighted by molar-refractivity contribution is 5.50. The highest BCUT2D eigenvalue weighted by Gasteiger charge is 3.02. The minimum atomic E-state index is -0.129. The average molecular weight is 331 g/mol. The van der Waals surface area contributed by atoms with E-state index < -0.39 is 0 Å². The Kier molecular flexibility index (Phi) is 1.51. The number of nitrogens with zero attached hydrogens (tertiary/aromatic N) is 3. The van der Waals surface area contributed by atoms with Gasteiger partial charge in [-0.2, -0.15) is 0 Å². The summed E-state index contributed by atoms with van der Waals surface area (Å²) in [4.78, 5) is 26.6. The van der Waals surface area contributed by atoms with Crippen molar-refractivity contribution in [3.8, 4) is 5.69 Å². The summed E-state index contributed by atoms with van der Waals surface area (Å²) >= 11 is 0. The van der Waals surface area contributed by atoms with Gasteiger partial charge in [0.1, 0.15) is 0 Å². The molecular weight excluding hydrogens is 314 g/mol. The van der Waals surface area contributed by atoms with Crippen LogP contribution in [0.2, 0.25) is 0 Å². The molecule has 0 unspecified atom stereocenters. The van der Waals surface area contributed by atoms with Crippen LogP contribution < -0.4 is 11.4 Å². The van der Waals surface area contributed by atoms with E-state index in [0.29, 0.717) is 17.5 Å². The van der Waals surface area contributed by atoms with Crippen LogP contribution in [-0.2, 0) is 0 Å². The molecule has 5 aliphatic carbocycles. The first kappa shape index (κ1) is 12.1. The van der Waals surface area contributed by atoms with E-state index >= 15 is 0 Å². The Labute approximate surface area is 143 Å². The van der Waals surface area contributed by atoms with Gasteiger partial charge in [-0.25, -0.2) is 23.5 Å². The number of aromatic nitrogens is 3. The van der Waals surface area contributed by atoms with E-state index in [9.17, 15) is 9.59 Å². The predicted molar refractivity (Wildman–Crippen MR) is 89.6 cm³/mol. The highest BCUT2D eigenvalue weighted by atomic mass is 16.2. The predicted octanol–water partition coefficient (Wildman–Crippen LogP) is 1.74. The highest BCUT2D eigenvalue weighted by Crippen LogP contribution is 3.03. The Hall–Kier alpha value is -2.30. The lowest BCUT2D eigenvalue weighted by atomic mass is 9.04. The third-order valence-corrected chi connectivity index (χ3v) is 9.13. The molecule has 0 saturated heterocycles. The SMILES string of the molecule is O=c1n(-c2ccccc2)c(=O)n2n1[C@H]1[C@@H]3[C@@H]4[C@@H]5[C@@H]3[C@@]13CC=CC[C@]53[C@H]42. The zero-order chi connectivity index (χ0) is 16.3. The van der Waals surface area contributed by atoms with E-state index in [1.54, 1.807) is 0 Å².